The minimum atomic E-state index is 0.641. The minimum Gasteiger partial charge on any atom is -0.359 e. The normalized spacial score (nSPS) is 10.2. The number of rotatable bonds is 4. The van der Waals surface area contributed by atoms with Crippen molar-refractivity contribution >= 4 is 17.3 Å². The average molecular weight is 274 g/mol. The second kappa shape index (κ2) is 6.33. The summed E-state index contributed by atoms with van der Waals surface area (Å²) in [6.07, 6.45) is 0. The van der Waals surface area contributed by atoms with Crippen molar-refractivity contribution in [3.05, 3.63) is 53.3 Å². The van der Waals surface area contributed by atoms with Crippen LogP contribution in [0.1, 0.15) is 17.0 Å². The van der Waals surface area contributed by atoms with E-state index >= 15 is 0 Å². The van der Waals surface area contributed by atoms with E-state index in [-0.39, 0.29) is 0 Å². The quantitative estimate of drug-likeness (QED) is 0.836. The fourth-order valence-corrected chi connectivity index (χ4v) is 1.88. The van der Waals surface area contributed by atoms with Gasteiger partial charge in [0, 0.05) is 19.3 Å². The molecule has 0 aliphatic rings. The molecule has 0 saturated heterocycles. The van der Waals surface area contributed by atoms with Crippen molar-refractivity contribution in [2.24, 2.45) is 7.05 Å². The second-order valence-corrected chi connectivity index (χ2v) is 4.83. The van der Waals surface area contributed by atoms with Crippen LogP contribution >= 0.6 is 12.2 Å². The third-order valence-corrected chi connectivity index (χ3v) is 3.18. The van der Waals surface area contributed by atoms with Crippen LogP contribution in [0.2, 0.25) is 0 Å². The molecule has 4 nitrogen and oxygen atoms in total. The number of thiocarbonyl (C=S) groups is 1. The molecule has 0 spiro atoms. The van der Waals surface area contributed by atoms with Crippen LogP contribution in [0.15, 0.2) is 36.4 Å². The van der Waals surface area contributed by atoms with Crippen molar-refractivity contribution in [2.45, 2.75) is 20.0 Å². The summed E-state index contributed by atoms with van der Waals surface area (Å²) in [6, 6.07) is 12.2. The zero-order chi connectivity index (χ0) is 13.7. The van der Waals surface area contributed by atoms with E-state index in [1.807, 2.05) is 42.9 Å². The van der Waals surface area contributed by atoms with Crippen molar-refractivity contribution in [2.75, 3.05) is 0 Å². The lowest BCUT2D eigenvalue weighted by Gasteiger charge is -2.09. The van der Waals surface area contributed by atoms with Crippen LogP contribution in [0.5, 0.6) is 0 Å². The topological polar surface area (TPSA) is 41.9 Å². The molecule has 1 aromatic carbocycles. The maximum atomic E-state index is 5.24. The molecule has 2 rings (SSSR count). The number of aromatic nitrogens is 2. The first-order valence-corrected chi connectivity index (χ1v) is 6.61. The Morgan fingerprint density at radius 2 is 1.89 bits per heavy atom. The van der Waals surface area contributed by atoms with E-state index in [0.717, 1.165) is 17.9 Å². The Balaban J connectivity index is 1.76. The van der Waals surface area contributed by atoms with Crippen LogP contribution in [0.4, 0.5) is 0 Å². The van der Waals surface area contributed by atoms with E-state index < -0.39 is 0 Å². The largest absolute Gasteiger partial charge is 0.359 e. The molecule has 0 atom stereocenters. The average Bonchev–Trinajstić information content (AvgIpc) is 2.74. The zero-order valence-electron chi connectivity index (χ0n) is 11.2. The number of hydrogen-bond acceptors (Lipinski definition) is 2. The molecule has 0 saturated carbocycles. The highest BCUT2D eigenvalue weighted by molar-refractivity contribution is 7.80. The van der Waals surface area contributed by atoms with Gasteiger partial charge in [-0.2, -0.15) is 5.10 Å². The Labute approximate surface area is 118 Å². The second-order valence-electron chi connectivity index (χ2n) is 4.42. The maximum Gasteiger partial charge on any atom is 0.166 e. The summed E-state index contributed by atoms with van der Waals surface area (Å²) in [5.41, 5.74) is 3.34. The summed E-state index contributed by atoms with van der Waals surface area (Å²) >= 11 is 5.24. The lowest BCUT2D eigenvalue weighted by Crippen LogP contribution is -2.34. The lowest BCUT2D eigenvalue weighted by molar-refractivity contribution is 0.708. The first-order valence-electron chi connectivity index (χ1n) is 6.20. The molecule has 1 heterocycles. The van der Waals surface area contributed by atoms with Crippen molar-refractivity contribution in [3.63, 3.8) is 0 Å². The van der Waals surface area contributed by atoms with Crippen LogP contribution in [0, 0.1) is 6.92 Å². The van der Waals surface area contributed by atoms with Gasteiger partial charge in [0.1, 0.15) is 0 Å². The van der Waals surface area contributed by atoms with Gasteiger partial charge in [0.15, 0.2) is 5.11 Å². The van der Waals surface area contributed by atoms with Crippen LogP contribution in [0.25, 0.3) is 0 Å². The Morgan fingerprint density at radius 1 is 1.21 bits per heavy atom. The third-order valence-electron chi connectivity index (χ3n) is 2.89. The highest BCUT2D eigenvalue weighted by atomic mass is 32.1. The lowest BCUT2D eigenvalue weighted by atomic mass is 10.2. The number of aryl methyl sites for hydroxylation is 2. The van der Waals surface area contributed by atoms with Gasteiger partial charge in [0.25, 0.3) is 0 Å². The molecule has 2 N–H and O–H groups in total. The molecule has 19 heavy (non-hydrogen) atoms. The van der Waals surface area contributed by atoms with E-state index in [4.69, 9.17) is 12.2 Å². The van der Waals surface area contributed by atoms with Gasteiger partial charge in [-0.05, 0) is 30.8 Å². The van der Waals surface area contributed by atoms with Gasteiger partial charge < -0.3 is 10.6 Å². The first-order chi connectivity index (χ1) is 9.15. The summed E-state index contributed by atoms with van der Waals surface area (Å²) in [6.45, 7) is 3.40. The van der Waals surface area contributed by atoms with E-state index in [0.29, 0.717) is 11.7 Å². The fraction of sp³-hybridized carbons (Fsp3) is 0.286. The summed E-state index contributed by atoms with van der Waals surface area (Å²) in [5.74, 6) is 0. The Kier molecular flexibility index (Phi) is 4.52. The summed E-state index contributed by atoms with van der Waals surface area (Å²) in [7, 11) is 1.94. The smallest absolute Gasteiger partial charge is 0.166 e. The van der Waals surface area contributed by atoms with Gasteiger partial charge in [0.2, 0.25) is 0 Å². The number of nitrogens with zero attached hydrogens (tertiary/aromatic N) is 2. The van der Waals surface area contributed by atoms with Gasteiger partial charge in [-0.3, -0.25) is 4.68 Å². The summed E-state index contributed by atoms with van der Waals surface area (Å²) in [4.78, 5) is 0. The molecule has 1 aromatic heterocycles. The van der Waals surface area contributed by atoms with Gasteiger partial charge in [-0.1, -0.05) is 30.3 Å². The molecule has 0 bridgehead atoms. The molecular formula is C14H18N4S. The number of benzene rings is 1. The van der Waals surface area contributed by atoms with E-state index in [1.165, 1.54) is 5.56 Å². The predicted octanol–water partition coefficient (Wildman–Crippen LogP) is 1.89. The van der Waals surface area contributed by atoms with Gasteiger partial charge in [0.05, 0.1) is 12.2 Å². The molecular weight excluding hydrogens is 256 g/mol. The minimum absolute atomic E-state index is 0.641. The van der Waals surface area contributed by atoms with Crippen molar-refractivity contribution in [1.82, 2.24) is 20.4 Å². The summed E-state index contributed by atoms with van der Waals surface area (Å²) in [5, 5.41) is 11.3. The molecule has 2 aromatic rings. The van der Waals surface area contributed by atoms with Crippen LogP contribution in [-0.2, 0) is 20.1 Å². The SMILES string of the molecule is Cc1cc(CNC(=S)NCc2ccccc2)nn1C. The molecule has 0 aliphatic heterocycles. The van der Waals surface area contributed by atoms with Crippen LogP contribution < -0.4 is 10.6 Å². The predicted molar refractivity (Wildman–Crippen MR) is 80.7 cm³/mol. The van der Waals surface area contributed by atoms with Crippen molar-refractivity contribution in [3.8, 4) is 0 Å². The molecule has 0 fully saturated rings. The van der Waals surface area contributed by atoms with E-state index in [9.17, 15) is 0 Å². The molecule has 0 amide bonds. The summed E-state index contributed by atoms with van der Waals surface area (Å²) < 4.78 is 1.86. The standard InChI is InChI=1S/C14H18N4S/c1-11-8-13(17-18(11)2)10-16-14(19)15-9-12-6-4-3-5-7-12/h3-8H,9-10H2,1-2H3,(H2,15,16,19). The molecule has 100 valence electrons. The Morgan fingerprint density at radius 3 is 2.53 bits per heavy atom. The maximum absolute atomic E-state index is 5.24. The zero-order valence-corrected chi connectivity index (χ0v) is 12.0. The molecule has 5 heteroatoms. The number of nitrogens with one attached hydrogen (secondary N) is 2. The monoisotopic (exact) mass is 274 g/mol. The molecule has 0 aliphatic carbocycles. The van der Waals surface area contributed by atoms with Gasteiger partial charge >= 0.3 is 0 Å². The first kappa shape index (κ1) is 13.5. The van der Waals surface area contributed by atoms with E-state index in [2.05, 4.69) is 27.9 Å². The van der Waals surface area contributed by atoms with Crippen molar-refractivity contribution in [1.29, 1.82) is 0 Å². The van der Waals surface area contributed by atoms with Crippen LogP contribution in [-0.4, -0.2) is 14.9 Å². The van der Waals surface area contributed by atoms with Gasteiger partial charge in [-0.25, -0.2) is 0 Å². The Bertz CT molecular complexity index is 528. The third kappa shape index (κ3) is 4.06. The number of hydrogen-bond donors (Lipinski definition) is 2. The van der Waals surface area contributed by atoms with Gasteiger partial charge in [-0.15, -0.1) is 0 Å². The molecule has 0 unspecified atom stereocenters. The highest BCUT2D eigenvalue weighted by Gasteiger charge is 2.02. The fourth-order valence-electron chi connectivity index (χ4n) is 1.73. The Hall–Kier alpha value is -1.88. The van der Waals surface area contributed by atoms with Crippen LogP contribution in [0.3, 0.4) is 0 Å². The van der Waals surface area contributed by atoms with E-state index in [1.54, 1.807) is 0 Å². The molecule has 0 radical (unpaired) electrons. The highest BCUT2D eigenvalue weighted by Crippen LogP contribution is 2.00. The van der Waals surface area contributed by atoms with Crippen molar-refractivity contribution < 1.29 is 0 Å².